The number of nitrogen functional groups attached to an aromatic ring is 2. The highest BCUT2D eigenvalue weighted by atomic mass is 32.2. The van der Waals surface area contributed by atoms with E-state index in [-0.39, 0.29) is 9.79 Å². The van der Waals surface area contributed by atoms with Crippen molar-refractivity contribution in [3.05, 3.63) is 48.5 Å². The first kappa shape index (κ1) is 17.9. The zero-order chi connectivity index (χ0) is 17.0. The Kier molecular flexibility index (Phi) is 5.49. The van der Waals surface area contributed by atoms with E-state index in [0.29, 0.717) is 11.4 Å². The summed E-state index contributed by atoms with van der Waals surface area (Å²) in [4.78, 5) is -0.366. The molecule has 0 saturated carbocycles. The zero-order valence-electron chi connectivity index (χ0n) is 11.1. The lowest BCUT2D eigenvalue weighted by atomic mass is 10.3. The summed E-state index contributed by atoms with van der Waals surface area (Å²) in [5, 5.41) is 0. The van der Waals surface area contributed by atoms with Crippen molar-refractivity contribution in [2.24, 2.45) is 0 Å². The highest BCUT2D eigenvalue weighted by Gasteiger charge is 2.08. The number of benzene rings is 2. The van der Waals surface area contributed by atoms with E-state index in [4.69, 9.17) is 20.6 Å². The fourth-order valence-electron chi connectivity index (χ4n) is 1.35. The number of rotatable bonds is 2. The molecule has 22 heavy (non-hydrogen) atoms. The number of anilines is 2. The van der Waals surface area contributed by atoms with Crippen LogP contribution in [0.1, 0.15) is 0 Å². The summed E-state index contributed by atoms with van der Waals surface area (Å²) in [5.74, 6) is 0. The summed E-state index contributed by atoms with van der Waals surface area (Å²) in [5.41, 5.74) is 11.2. The fraction of sp³-hybridized carbons (Fsp3) is 0. The van der Waals surface area contributed by atoms with Crippen molar-refractivity contribution in [1.82, 2.24) is 0 Å². The van der Waals surface area contributed by atoms with E-state index in [0.717, 1.165) is 0 Å². The van der Waals surface area contributed by atoms with Crippen molar-refractivity contribution in [3.8, 4) is 0 Å². The van der Waals surface area contributed by atoms with Gasteiger partial charge in [0.1, 0.15) is 0 Å². The lowest BCUT2D eigenvalue weighted by molar-refractivity contribution is 0.481. The molecule has 0 aliphatic heterocycles. The molecule has 2 aromatic rings. The molecule has 0 spiro atoms. The van der Waals surface area contributed by atoms with Gasteiger partial charge in [-0.3, -0.25) is 9.11 Å². The van der Waals surface area contributed by atoms with Crippen molar-refractivity contribution in [2.75, 3.05) is 11.5 Å². The Labute approximate surface area is 127 Å². The third-order valence-electron chi connectivity index (χ3n) is 2.31. The first-order valence-electron chi connectivity index (χ1n) is 5.66. The molecule has 0 radical (unpaired) electrons. The van der Waals surface area contributed by atoms with Crippen LogP contribution in [0.2, 0.25) is 0 Å². The van der Waals surface area contributed by atoms with Crippen LogP contribution in [-0.4, -0.2) is 25.9 Å². The summed E-state index contributed by atoms with van der Waals surface area (Å²) in [6, 6.07) is 10.9. The fourth-order valence-corrected chi connectivity index (χ4v) is 2.42. The molecule has 0 aliphatic rings. The Bertz CT molecular complexity index is 789. The van der Waals surface area contributed by atoms with Crippen LogP contribution in [0.5, 0.6) is 0 Å². The molecule has 0 aromatic heterocycles. The summed E-state index contributed by atoms with van der Waals surface area (Å²) in [7, 11) is -8.21. The van der Waals surface area contributed by atoms with E-state index in [1.807, 2.05) is 0 Å². The molecular weight excluding hydrogens is 332 g/mol. The smallest absolute Gasteiger partial charge is 0.294 e. The molecular formula is C12H14N2O6S2. The molecule has 0 bridgehead atoms. The molecule has 0 heterocycles. The van der Waals surface area contributed by atoms with E-state index in [1.54, 1.807) is 0 Å². The van der Waals surface area contributed by atoms with Crippen molar-refractivity contribution in [1.29, 1.82) is 0 Å². The first-order chi connectivity index (χ1) is 10.00. The molecule has 2 rings (SSSR count). The minimum absolute atomic E-state index is 0.183. The van der Waals surface area contributed by atoms with Crippen LogP contribution < -0.4 is 11.5 Å². The molecule has 8 nitrogen and oxygen atoms in total. The van der Waals surface area contributed by atoms with Crippen molar-refractivity contribution < 1.29 is 25.9 Å². The van der Waals surface area contributed by atoms with Gasteiger partial charge in [0.25, 0.3) is 20.2 Å². The molecule has 120 valence electrons. The van der Waals surface area contributed by atoms with Crippen LogP contribution in [0, 0.1) is 0 Å². The molecule has 0 aliphatic carbocycles. The third-order valence-corrected chi connectivity index (χ3v) is 4.01. The van der Waals surface area contributed by atoms with Crippen LogP contribution >= 0.6 is 0 Å². The SMILES string of the molecule is Nc1cccc(S(=O)(=O)O)c1.Nc1cccc(S(=O)(=O)O)c1. The standard InChI is InChI=1S/2C6H7NO3S/c2*7-5-2-1-3-6(4-5)11(8,9)10/h2*1-4H,7H2,(H,8,9,10). The van der Waals surface area contributed by atoms with Gasteiger partial charge in [-0.25, -0.2) is 0 Å². The van der Waals surface area contributed by atoms with Gasteiger partial charge in [-0.2, -0.15) is 16.8 Å². The molecule has 2 aromatic carbocycles. The van der Waals surface area contributed by atoms with Gasteiger partial charge in [0.2, 0.25) is 0 Å². The van der Waals surface area contributed by atoms with Crippen LogP contribution in [0.3, 0.4) is 0 Å². The highest BCUT2D eigenvalue weighted by molar-refractivity contribution is 7.86. The van der Waals surface area contributed by atoms with E-state index in [9.17, 15) is 16.8 Å². The second-order valence-electron chi connectivity index (χ2n) is 4.10. The van der Waals surface area contributed by atoms with Crippen LogP contribution in [0.25, 0.3) is 0 Å². The predicted octanol–water partition coefficient (Wildman–Crippen LogP) is 1.03. The van der Waals surface area contributed by atoms with Crippen LogP contribution in [-0.2, 0) is 20.2 Å². The van der Waals surface area contributed by atoms with Gasteiger partial charge in [0, 0.05) is 11.4 Å². The Morgan fingerprint density at radius 3 is 1.18 bits per heavy atom. The van der Waals surface area contributed by atoms with E-state index in [1.165, 1.54) is 48.5 Å². The maximum atomic E-state index is 10.5. The molecule has 6 N–H and O–H groups in total. The van der Waals surface area contributed by atoms with Crippen molar-refractivity contribution >= 4 is 31.6 Å². The largest absolute Gasteiger partial charge is 0.399 e. The van der Waals surface area contributed by atoms with Crippen LogP contribution in [0.4, 0.5) is 11.4 Å². The van der Waals surface area contributed by atoms with E-state index >= 15 is 0 Å². The van der Waals surface area contributed by atoms with Gasteiger partial charge in [-0.05, 0) is 36.4 Å². The molecule has 10 heteroatoms. The minimum atomic E-state index is -4.11. The molecule has 0 saturated heterocycles. The Balaban J connectivity index is 0.000000220. The summed E-state index contributed by atoms with van der Waals surface area (Å²) >= 11 is 0. The Morgan fingerprint density at radius 2 is 1.00 bits per heavy atom. The summed E-state index contributed by atoms with van der Waals surface area (Å²) in [6.45, 7) is 0. The average molecular weight is 346 g/mol. The van der Waals surface area contributed by atoms with Gasteiger partial charge in [-0.1, -0.05) is 12.1 Å². The van der Waals surface area contributed by atoms with Crippen LogP contribution in [0.15, 0.2) is 58.3 Å². The van der Waals surface area contributed by atoms with Gasteiger partial charge in [0.15, 0.2) is 0 Å². The van der Waals surface area contributed by atoms with Crippen molar-refractivity contribution in [2.45, 2.75) is 9.79 Å². The van der Waals surface area contributed by atoms with Crippen molar-refractivity contribution in [3.63, 3.8) is 0 Å². The number of nitrogens with two attached hydrogens (primary N) is 2. The Hall–Kier alpha value is -2.14. The second kappa shape index (κ2) is 6.75. The topological polar surface area (TPSA) is 161 Å². The van der Waals surface area contributed by atoms with Gasteiger partial charge in [0.05, 0.1) is 9.79 Å². The highest BCUT2D eigenvalue weighted by Crippen LogP contribution is 2.12. The van der Waals surface area contributed by atoms with E-state index < -0.39 is 20.2 Å². The quantitative estimate of drug-likeness (QED) is 0.463. The zero-order valence-corrected chi connectivity index (χ0v) is 12.8. The third kappa shape index (κ3) is 5.69. The Morgan fingerprint density at radius 1 is 0.682 bits per heavy atom. The normalized spacial score (nSPS) is 11.4. The number of hydrogen-bond donors (Lipinski definition) is 4. The van der Waals surface area contributed by atoms with E-state index in [2.05, 4.69) is 0 Å². The number of hydrogen-bond acceptors (Lipinski definition) is 6. The minimum Gasteiger partial charge on any atom is -0.399 e. The molecule has 0 amide bonds. The maximum Gasteiger partial charge on any atom is 0.294 e. The van der Waals surface area contributed by atoms with Gasteiger partial charge >= 0.3 is 0 Å². The lowest BCUT2D eigenvalue weighted by Crippen LogP contribution is -1.98. The second-order valence-corrected chi connectivity index (χ2v) is 6.94. The van der Waals surface area contributed by atoms with Gasteiger partial charge < -0.3 is 11.5 Å². The summed E-state index contributed by atoms with van der Waals surface area (Å²) < 4.78 is 59.0. The monoisotopic (exact) mass is 346 g/mol. The molecule has 0 fully saturated rings. The predicted molar refractivity (Wildman–Crippen MR) is 81.3 cm³/mol. The summed E-state index contributed by atoms with van der Waals surface area (Å²) in [6.07, 6.45) is 0. The maximum absolute atomic E-state index is 10.5. The first-order valence-corrected chi connectivity index (χ1v) is 8.54. The van der Waals surface area contributed by atoms with Gasteiger partial charge in [-0.15, -0.1) is 0 Å². The average Bonchev–Trinajstić information content (AvgIpc) is 2.37. The molecule has 0 unspecified atom stereocenters. The molecule has 0 atom stereocenters. The lowest BCUT2D eigenvalue weighted by Gasteiger charge is -1.96.